The Labute approximate surface area is 55.5 Å². The minimum Gasteiger partial charge on any atom is -0.288 e. The number of aromatic amines is 1. The molecule has 0 spiro atoms. The molecule has 0 radical (unpaired) electrons. The molecule has 0 saturated heterocycles. The number of halogens is 1. The lowest BCUT2D eigenvalue weighted by Gasteiger charge is -1.90. The number of nitrogens with zero attached hydrogens (tertiary/aromatic N) is 2. The highest BCUT2D eigenvalue weighted by molar-refractivity contribution is 5.38. The molecule has 0 aliphatic heterocycles. The molecular formula is C5H4FN3O. The Balaban J connectivity index is 3.35. The van der Waals surface area contributed by atoms with Gasteiger partial charge in [0.15, 0.2) is 11.6 Å². The predicted octanol–water partition coefficient (Wildman–Crippen LogP) is 0.241. The van der Waals surface area contributed by atoms with Gasteiger partial charge in [0.05, 0.1) is 6.20 Å². The van der Waals surface area contributed by atoms with Crippen LogP contribution in [0.2, 0.25) is 0 Å². The van der Waals surface area contributed by atoms with Gasteiger partial charge in [-0.25, -0.2) is 14.2 Å². The fraction of sp³-hybridized carbons (Fsp3) is 0. The van der Waals surface area contributed by atoms with Crippen LogP contribution < -0.4 is 5.69 Å². The van der Waals surface area contributed by atoms with Crippen LogP contribution in [0.4, 0.5) is 10.2 Å². The molecule has 0 aliphatic rings. The van der Waals surface area contributed by atoms with Gasteiger partial charge >= 0.3 is 5.69 Å². The van der Waals surface area contributed by atoms with Crippen molar-refractivity contribution in [3.63, 3.8) is 0 Å². The molecule has 0 aromatic carbocycles. The van der Waals surface area contributed by atoms with Crippen molar-refractivity contribution in [1.29, 1.82) is 0 Å². The lowest BCUT2D eigenvalue weighted by Crippen LogP contribution is -2.09. The number of nitrogens with one attached hydrogen (secondary N) is 1. The first-order valence-electron chi connectivity index (χ1n) is 2.45. The summed E-state index contributed by atoms with van der Waals surface area (Å²) < 4.78 is 12.4. The third kappa shape index (κ3) is 1.07. The van der Waals surface area contributed by atoms with Crippen LogP contribution in [0.1, 0.15) is 0 Å². The van der Waals surface area contributed by atoms with Gasteiger partial charge in [-0.1, -0.05) is 0 Å². The smallest absolute Gasteiger partial charge is 0.288 e. The van der Waals surface area contributed by atoms with E-state index in [0.29, 0.717) is 0 Å². The van der Waals surface area contributed by atoms with E-state index in [4.69, 9.17) is 0 Å². The van der Waals surface area contributed by atoms with E-state index in [1.807, 2.05) is 0 Å². The molecule has 0 bridgehead atoms. The molecule has 0 aliphatic carbocycles. The second-order valence-corrected chi connectivity index (χ2v) is 1.54. The minimum absolute atomic E-state index is 0.181. The van der Waals surface area contributed by atoms with Crippen molar-refractivity contribution in [2.24, 2.45) is 4.99 Å². The fourth-order valence-electron chi connectivity index (χ4n) is 0.485. The van der Waals surface area contributed by atoms with Crippen LogP contribution >= 0.6 is 0 Å². The minimum atomic E-state index is -0.686. The van der Waals surface area contributed by atoms with E-state index in [0.717, 1.165) is 6.20 Å². The van der Waals surface area contributed by atoms with Crippen LogP contribution in [0, 0.1) is 5.82 Å². The number of aliphatic imine (C=N–C) groups is 1. The second kappa shape index (κ2) is 2.38. The maximum absolute atomic E-state index is 12.4. The largest absolute Gasteiger partial charge is 0.346 e. The quantitative estimate of drug-likeness (QED) is 0.569. The Hall–Kier alpha value is -1.52. The number of aromatic nitrogens is 2. The maximum atomic E-state index is 12.4. The zero-order chi connectivity index (χ0) is 7.56. The van der Waals surface area contributed by atoms with Crippen LogP contribution in [0.25, 0.3) is 0 Å². The summed E-state index contributed by atoms with van der Waals surface area (Å²) in [7, 11) is 0. The highest BCUT2D eigenvalue weighted by atomic mass is 19.1. The molecule has 1 rings (SSSR count). The summed E-state index contributed by atoms with van der Waals surface area (Å²) in [5.41, 5.74) is -0.635. The molecule has 10 heavy (non-hydrogen) atoms. The standard InChI is InChI=1S/C5H4FN3O/c1-7-4-3(6)2-8-5(10)9-4/h2H,1H2,(H,8,9,10). The van der Waals surface area contributed by atoms with Gasteiger partial charge in [0.2, 0.25) is 0 Å². The third-order valence-electron chi connectivity index (χ3n) is 0.905. The van der Waals surface area contributed by atoms with Gasteiger partial charge in [0.1, 0.15) is 0 Å². The van der Waals surface area contributed by atoms with E-state index < -0.39 is 11.5 Å². The zero-order valence-corrected chi connectivity index (χ0v) is 4.97. The normalized spacial score (nSPS) is 9.30. The van der Waals surface area contributed by atoms with Crippen molar-refractivity contribution in [3.05, 3.63) is 22.5 Å². The first-order chi connectivity index (χ1) is 4.74. The summed E-state index contributed by atoms with van der Waals surface area (Å²) in [5, 5.41) is 0. The lowest BCUT2D eigenvalue weighted by atomic mass is 10.6. The van der Waals surface area contributed by atoms with Crippen molar-refractivity contribution in [3.8, 4) is 0 Å². The van der Waals surface area contributed by atoms with Gasteiger partial charge < -0.3 is 0 Å². The van der Waals surface area contributed by atoms with E-state index >= 15 is 0 Å². The Morgan fingerprint density at radius 1 is 1.80 bits per heavy atom. The van der Waals surface area contributed by atoms with Crippen molar-refractivity contribution in [2.45, 2.75) is 0 Å². The van der Waals surface area contributed by atoms with Gasteiger partial charge in [-0.15, -0.1) is 0 Å². The van der Waals surface area contributed by atoms with Crippen molar-refractivity contribution in [2.75, 3.05) is 0 Å². The van der Waals surface area contributed by atoms with Gasteiger partial charge in [0.25, 0.3) is 0 Å². The van der Waals surface area contributed by atoms with Gasteiger partial charge in [-0.3, -0.25) is 4.98 Å². The van der Waals surface area contributed by atoms with E-state index in [1.165, 1.54) is 0 Å². The Morgan fingerprint density at radius 3 is 3.00 bits per heavy atom. The molecule has 4 nitrogen and oxygen atoms in total. The molecule has 52 valence electrons. The molecule has 1 N–H and O–H groups in total. The van der Waals surface area contributed by atoms with Gasteiger partial charge in [0, 0.05) is 0 Å². The summed E-state index contributed by atoms with van der Waals surface area (Å²) in [6.07, 6.45) is 0.794. The van der Waals surface area contributed by atoms with E-state index in [1.54, 1.807) is 0 Å². The molecule has 0 atom stereocenters. The number of hydrogen-bond acceptors (Lipinski definition) is 3. The first-order valence-corrected chi connectivity index (χ1v) is 2.45. The Morgan fingerprint density at radius 2 is 2.50 bits per heavy atom. The Kier molecular flexibility index (Phi) is 1.57. The Bertz CT molecular complexity index is 306. The monoisotopic (exact) mass is 141 g/mol. The molecule has 0 fully saturated rings. The van der Waals surface area contributed by atoms with E-state index in [2.05, 4.69) is 21.7 Å². The molecule has 1 aromatic rings. The molecule has 1 aromatic heterocycles. The van der Waals surface area contributed by atoms with Crippen LogP contribution in [0.3, 0.4) is 0 Å². The summed E-state index contributed by atoms with van der Waals surface area (Å²) in [6.45, 7) is 3.04. The second-order valence-electron chi connectivity index (χ2n) is 1.54. The van der Waals surface area contributed by atoms with Crippen molar-refractivity contribution < 1.29 is 4.39 Å². The van der Waals surface area contributed by atoms with Gasteiger partial charge in [-0.2, -0.15) is 4.98 Å². The summed E-state index contributed by atoms with van der Waals surface area (Å²) in [4.78, 5) is 18.8. The topological polar surface area (TPSA) is 58.1 Å². The SMILES string of the molecule is C=Nc1[nH]c(=O)ncc1F. The lowest BCUT2D eigenvalue weighted by molar-refractivity contribution is 0.614. The number of H-pyrrole nitrogens is 1. The zero-order valence-electron chi connectivity index (χ0n) is 4.97. The third-order valence-corrected chi connectivity index (χ3v) is 0.905. The average Bonchev–Trinajstić information content (AvgIpc) is 1.94. The molecule has 0 saturated carbocycles. The highest BCUT2D eigenvalue weighted by Crippen LogP contribution is 2.06. The number of hydrogen-bond donors (Lipinski definition) is 1. The molecule has 5 heteroatoms. The summed E-state index contributed by atoms with van der Waals surface area (Å²) in [5.74, 6) is -0.866. The number of rotatable bonds is 1. The van der Waals surface area contributed by atoms with Crippen LogP contribution in [0.15, 0.2) is 16.0 Å². The molecule has 1 heterocycles. The van der Waals surface area contributed by atoms with Crippen LogP contribution in [-0.2, 0) is 0 Å². The van der Waals surface area contributed by atoms with Crippen molar-refractivity contribution >= 4 is 12.5 Å². The highest BCUT2D eigenvalue weighted by Gasteiger charge is 1.98. The van der Waals surface area contributed by atoms with Gasteiger partial charge in [-0.05, 0) is 6.72 Å². The molecule has 0 unspecified atom stereocenters. The summed E-state index contributed by atoms with van der Waals surface area (Å²) in [6, 6.07) is 0. The maximum Gasteiger partial charge on any atom is 0.346 e. The first kappa shape index (κ1) is 6.60. The van der Waals surface area contributed by atoms with Crippen LogP contribution in [-0.4, -0.2) is 16.7 Å². The molecular weight excluding hydrogens is 137 g/mol. The van der Waals surface area contributed by atoms with E-state index in [-0.39, 0.29) is 5.82 Å². The average molecular weight is 141 g/mol. The van der Waals surface area contributed by atoms with E-state index in [9.17, 15) is 9.18 Å². The molecule has 0 amide bonds. The summed E-state index contributed by atoms with van der Waals surface area (Å²) >= 11 is 0. The predicted molar refractivity (Wildman–Crippen MR) is 34.0 cm³/mol. The van der Waals surface area contributed by atoms with Crippen LogP contribution in [0.5, 0.6) is 0 Å². The fourth-order valence-corrected chi connectivity index (χ4v) is 0.485. The van der Waals surface area contributed by atoms with Crippen molar-refractivity contribution in [1.82, 2.24) is 9.97 Å².